The molecule has 0 unspecified atom stereocenters. The van der Waals surface area contributed by atoms with E-state index in [4.69, 9.17) is 10.4 Å². The Morgan fingerprint density at radius 2 is 1.75 bits per heavy atom. The van der Waals surface area contributed by atoms with Crippen molar-refractivity contribution >= 4 is 0 Å². The Labute approximate surface area is 48.4 Å². The monoisotopic (exact) mass is 109 g/mol. The Hall–Kier alpha value is -1.23. The lowest BCUT2D eigenvalue weighted by Gasteiger charge is -1.57. The molecule has 2 nitrogen and oxygen atoms in total. The molecule has 0 radical (unpaired) electrons. The topological polar surface area (TPSA) is 44.0 Å². The summed E-state index contributed by atoms with van der Waals surface area (Å²) in [5.41, 5.74) is 0. The Morgan fingerprint density at radius 3 is 1.88 bits per heavy atom. The van der Waals surface area contributed by atoms with Crippen molar-refractivity contribution in [2.45, 2.75) is 6.42 Å². The van der Waals surface area contributed by atoms with Crippen LogP contribution in [-0.2, 0) is 0 Å². The predicted molar refractivity (Wildman–Crippen MR) is 30.4 cm³/mol. The minimum atomic E-state index is 0.750. The highest BCUT2D eigenvalue weighted by Crippen LogP contribution is 1.93. The molecule has 1 rings (SSSR count). The molecule has 1 N–H and O–H groups in total. The van der Waals surface area contributed by atoms with Gasteiger partial charge in [-0.1, -0.05) is 24.3 Å². The van der Waals surface area contributed by atoms with Crippen molar-refractivity contribution in [3.8, 4) is 6.26 Å². The maximum Gasteiger partial charge on any atom is 0.283 e. The van der Waals surface area contributed by atoms with Gasteiger partial charge in [0.1, 0.15) is 0 Å². The first-order chi connectivity index (χ1) is 3.91. The van der Waals surface area contributed by atoms with Crippen LogP contribution in [0.15, 0.2) is 24.3 Å². The minimum absolute atomic E-state index is 0.750. The van der Waals surface area contributed by atoms with Gasteiger partial charge in [-0.3, -0.25) is 0 Å². The first-order valence-corrected chi connectivity index (χ1v) is 2.26. The van der Waals surface area contributed by atoms with Crippen LogP contribution in [0.5, 0.6) is 0 Å². The van der Waals surface area contributed by atoms with Gasteiger partial charge in [0.05, 0.1) is 0 Å². The van der Waals surface area contributed by atoms with Crippen LogP contribution in [0.1, 0.15) is 6.42 Å². The second-order valence-corrected chi connectivity index (χ2v) is 1.19. The largest absolute Gasteiger partial charge is 0.443 e. The average molecular weight is 109 g/mol. The summed E-state index contributed by atoms with van der Waals surface area (Å²) in [5.74, 6) is 0. The second-order valence-electron chi connectivity index (χ2n) is 1.19. The highest BCUT2D eigenvalue weighted by atomic mass is 16.2. The summed E-state index contributed by atoms with van der Waals surface area (Å²) in [7, 11) is 0. The van der Waals surface area contributed by atoms with Gasteiger partial charge in [-0.15, -0.1) is 0 Å². The number of rotatable bonds is 0. The van der Waals surface area contributed by atoms with Gasteiger partial charge in [0.2, 0.25) is 0 Å². The zero-order valence-corrected chi connectivity index (χ0v) is 4.41. The first kappa shape index (κ1) is 6.77. The molecule has 0 bridgehead atoms. The van der Waals surface area contributed by atoms with E-state index in [0.717, 1.165) is 12.7 Å². The second kappa shape index (κ2) is 5.77. The Balaban J connectivity index is 0.000000145. The van der Waals surface area contributed by atoms with Crippen LogP contribution in [-0.4, -0.2) is 5.11 Å². The van der Waals surface area contributed by atoms with E-state index in [1.165, 1.54) is 0 Å². The van der Waals surface area contributed by atoms with Crippen molar-refractivity contribution in [1.82, 2.24) is 0 Å². The molecule has 0 fully saturated rings. The molecule has 0 amide bonds. The predicted octanol–water partition coefficient (Wildman–Crippen LogP) is 1.34. The Morgan fingerprint density at radius 1 is 1.38 bits per heavy atom. The summed E-state index contributed by atoms with van der Waals surface area (Å²) >= 11 is 0. The Kier molecular flexibility index (Phi) is 4.88. The van der Waals surface area contributed by atoms with Crippen LogP contribution in [0.25, 0.3) is 0 Å². The van der Waals surface area contributed by atoms with Gasteiger partial charge in [0.15, 0.2) is 0 Å². The SMILES string of the molecule is C1=CCC=C1.N#CO. The summed E-state index contributed by atoms with van der Waals surface area (Å²) < 4.78 is 0. The molecule has 0 heterocycles. The molecule has 0 aromatic rings. The fourth-order valence-electron chi connectivity index (χ4n) is 0.393. The van der Waals surface area contributed by atoms with E-state index in [1.807, 2.05) is 0 Å². The molecule has 0 aliphatic heterocycles. The van der Waals surface area contributed by atoms with E-state index in [1.54, 1.807) is 0 Å². The standard InChI is InChI=1S/C5H6.CHNO/c1-2-4-5-3-1;2-1-3/h1-4H,5H2;3H. The molecular weight excluding hydrogens is 102 g/mol. The summed E-state index contributed by atoms with van der Waals surface area (Å²) in [6.45, 7) is 0. The van der Waals surface area contributed by atoms with E-state index >= 15 is 0 Å². The number of nitrogens with zero attached hydrogens (tertiary/aromatic N) is 1. The average Bonchev–Trinajstić information content (AvgIpc) is 2.17. The Bertz CT molecular complexity index is 120. The number of hydrogen-bond donors (Lipinski definition) is 1. The maximum atomic E-state index is 6.88. The van der Waals surface area contributed by atoms with E-state index in [-0.39, 0.29) is 0 Å². The first-order valence-electron chi connectivity index (χ1n) is 2.26. The van der Waals surface area contributed by atoms with Gasteiger partial charge in [-0.2, -0.15) is 5.26 Å². The van der Waals surface area contributed by atoms with Crippen molar-refractivity contribution in [2.75, 3.05) is 0 Å². The number of allylic oxidation sites excluding steroid dienone is 4. The minimum Gasteiger partial charge on any atom is -0.443 e. The van der Waals surface area contributed by atoms with Crippen molar-refractivity contribution in [3.63, 3.8) is 0 Å². The van der Waals surface area contributed by atoms with Crippen molar-refractivity contribution in [1.29, 1.82) is 5.26 Å². The highest BCUT2D eigenvalue weighted by Gasteiger charge is 1.72. The van der Waals surface area contributed by atoms with E-state index in [0.29, 0.717) is 0 Å². The summed E-state index contributed by atoms with van der Waals surface area (Å²) in [5, 5.41) is 13.8. The van der Waals surface area contributed by atoms with Crippen LogP contribution in [0.2, 0.25) is 0 Å². The lowest BCUT2D eigenvalue weighted by Crippen LogP contribution is -1.37. The van der Waals surface area contributed by atoms with Crippen molar-refractivity contribution in [2.24, 2.45) is 0 Å². The van der Waals surface area contributed by atoms with E-state index in [9.17, 15) is 0 Å². The lowest BCUT2D eigenvalue weighted by atomic mass is 10.5. The zero-order valence-electron chi connectivity index (χ0n) is 4.41. The van der Waals surface area contributed by atoms with Crippen LogP contribution in [0.4, 0.5) is 0 Å². The molecule has 8 heavy (non-hydrogen) atoms. The van der Waals surface area contributed by atoms with Crippen LogP contribution >= 0.6 is 0 Å². The molecule has 42 valence electrons. The molecule has 0 spiro atoms. The molecule has 0 saturated heterocycles. The third-order valence-corrected chi connectivity index (χ3v) is 0.655. The molecule has 1 aliphatic rings. The smallest absolute Gasteiger partial charge is 0.283 e. The molecule has 0 aromatic carbocycles. The molecule has 0 atom stereocenters. The van der Waals surface area contributed by atoms with Gasteiger partial charge in [0.25, 0.3) is 6.26 Å². The number of hydrogen-bond acceptors (Lipinski definition) is 2. The maximum absolute atomic E-state index is 6.88. The number of aliphatic hydroxyl groups excluding tert-OH is 1. The molecule has 0 saturated carbocycles. The van der Waals surface area contributed by atoms with Gasteiger partial charge in [-0.05, 0) is 6.42 Å². The van der Waals surface area contributed by atoms with Crippen LogP contribution < -0.4 is 0 Å². The zero-order chi connectivity index (χ0) is 6.24. The molecule has 0 aromatic heterocycles. The third kappa shape index (κ3) is 4.77. The van der Waals surface area contributed by atoms with Gasteiger partial charge in [0, 0.05) is 0 Å². The summed E-state index contributed by atoms with van der Waals surface area (Å²) in [4.78, 5) is 0. The molecular formula is C6H7NO. The fourth-order valence-corrected chi connectivity index (χ4v) is 0.393. The lowest BCUT2D eigenvalue weighted by molar-refractivity contribution is 0.503. The van der Waals surface area contributed by atoms with Crippen molar-refractivity contribution in [3.05, 3.63) is 24.3 Å². The number of aliphatic hydroxyl groups is 1. The quantitative estimate of drug-likeness (QED) is 0.477. The normalized spacial score (nSPS) is 11.9. The van der Waals surface area contributed by atoms with Gasteiger partial charge in [-0.25, -0.2) is 0 Å². The van der Waals surface area contributed by atoms with E-state index in [2.05, 4.69) is 24.3 Å². The van der Waals surface area contributed by atoms with Gasteiger partial charge < -0.3 is 5.11 Å². The third-order valence-electron chi connectivity index (χ3n) is 0.655. The summed E-state index contributed by atoms with van der Waals surface area (Å²) in [6, 6.07) is 0. The summed E-state index contributed by atoms with van der Waals surface area (Å²) in [6.07, 6.45) is 10.2. The highest BCUT2D eigenvalue weighted by molar-refractivity contribution is 5.11. The van der Waals surface area contributed by atoms with Gasteiger partial charge >= 0.3 is 0 Å². The van der Waals surface area contributed by atoms with Crippen molar-refractivity contribution < 1.29 is 5.11 Å². The van der Waals surface area contributed by atoms with E-state index < -0.39 is 0 Å². The van der Waals surface area contributed by atoms with Crippen LogP contribution in [0.3, 0.4) is 0 Å². The number of nitriles is 1. The van der Waals surface area contributed by atoms with Crippen LogP contribution in [0, 0.1) is 11.5 Å². The molecule has 2 heteroatoms. The molecule has 1 aliphatic carbocycles. The fraction of sp³-hybridized carbons (Fsp3) is 0.167.